The molecule has 0 bridgehead atoms. The van der Waals surface area contributed by atoms with Crippen LogP contribution in [0.2, 0.25) is 0 Å². The Bertz CT molecular complexity index is 1500. The Morgan fingerprint density at radius 2 is 1.57 bits per heavy atom. The van der Waals surface area contributed by atoms with Gasteiger partial charge in [0.2, 0.25) is 0 Å². The summed E-state index contributed by atoms with van der Waals surface area (Å²) < 4.78 is 81.4. The summed E-state index contributed by atoms with van der Waals surface area (Å²) in [6.07, 6.45) is -4.50. The fourth-order valence-electron chi connectivity index (χ4n) is 4.86. The predicted molar refractivity (Wildman–Crippen MR) is 137 cm³/mol. The van der Waals surface area contributed by atoms with Crippen molar-refractivity contribution >= 4 is 11.7 Å². The van der Waals surface area contributed by atoms with E-state index in [0.717, 1.165) is 12.0 Å². The fraction of sp³-hybridized carbons (Fsp3) is 0.207. The minimum Gasteiger partial charge on any atom is -0.384 e. The van der Waals surface area contributed by atoms with Crippen molar-refractivity contribution in [3.05, 3.63) is 102 Å². The number of anilines is 1. The Kier molecular flexibility index (Phi) is 6.99. The molecule has 5 rings (SSSR count). The number of alkyl halides is 6. The quantitative estimate of drug-likeness (QED) is 0.273. The first kappa shape index (κ1) is 27.2. The van der Waals surface area contributed by atoms with Gasteiger partial charge in [0.25, 0.3) is 5.91 Å². The number of amides is 1. The molecule has 11 heteroatoms. The van der Waals surface area contributed by atoms with Gasteiger partial charge in [-0.25, -0.2) is 4.98 Å². The highest BCUT2D eigenvalue weighted by atomic mass is 19.4. The average molecular weight is 557 g/mol. The van der Waals surface area contributed by atoms with E-state index in [-0.39, 0.29) is 46.0 Å². The standard InChI is InChI=1S/C29H22F6N4O/c30-28(31,32)22-10-21(11-23(13-22)29(33,34)35)24-5-3-17(12-25(24)19-4-6-26(36)38-15-19)27(40)39-9-7-20(16-39)18-2-1-8-37-14-18/h1-6,8,10-15,20H,7,9,16H2,(H2,36,38). The molecule has 1 atom stereocenters. The van der Waals surface area contributed by atoms with Gasteiger partial charge in [-0.05, 0) is 77.2 Å². The lowest BCUT2D eigenvalue weighted by Crippen LogP contribution is -2.28. The summed E-state index contributed by atoms with van der Waals surface area (Å²) in [6.45, 7) is 0.940. The highest BCUT2D eigenvalue weighted by Gasteiger charge is 2.37. The zero-order valence-electron chi connectivity index (χ0n) is 20.8. The summed E-state index contributed by atoms with van der Waals surface area (Å²) in [4.78, 5) is 23.3. The number of aromatic nitrogens is 2. The van der Waals surface area contributed by atoms with E-state index in [9.17, 15) is 31.1 Å². The second-order valence-electron chi connectivity index (χ2n) is 9.55. The van der Waals surface area contributed by atoms with Gasteiger partial charge in [0.1, 0.15) is 5.82 Å². The maximum Gasteiger partial charge on any atom is 0.416 e. The van der Waals surface area contributed by atoms with Gasteiger partial charge >= 0.3 is 12.4 Å². The van der Waals surface area contributed by atoms with Crippen LogP contribution in [-0.2, 0) is 12.4 Å². The number of carbonyl (C=O) groups excluding carboxylic acids is 1. The fourth-order valence-corrected chi connectivity index (χ4v) is 4.86. The maximum atomic E-state index is 13.6. The smallest absolute Gasteiger partial charge is 0.384 e. The number of hydrogen-bond donors (Lipinski definition) is 1. The lowest BCUT2D eigenvalue weighted by Gasteiger charge is -2.19. The number of hydrogen-bond acceptors (Lipinski definition) is 4. The molecule has 1 fully saturated rings. The lowest BCUT2D eigenvalue weighted by molar-refractivity contribution is -0.143. The zero-order valence-corrected chi connectivity index (χ0v) is 20.8. The molecule has 2 aromatic carbocycles. The van der Waals surface area contributed by atoms with Gasteiger partial charge in [-0.2, -0.15) is 26.3 Å². The van der Waals surface area contributed by atoms with Crippen molar-refractivity contribution in [2.24, 2.45) is 0 Å². The van der Waals surface area contributed by atoms with Gasteiger partial charge in [0, 0.05) is 48.7 Å². The van der Waals surface area contributed by atoms with E-state index in [1.54, 1.807) is 23.4 Å². The first-order valence-electron chi connectivity index (χ1n) is 12.2. The first-order chi connectivity index (χ1) is 18.9. The molecule has 3 heterocycles. The SMILES string of the molecule is Nc1ccc(-c2cc(C(=O)N3CCC(c4cccnc4)C3)ccc2-c2cc(C(F)(F)F)cc(C(F)(F)F)c2)cn1. The predicted octanol–water partition coefficient (Wildman–Crippen LogP) is 7.06. The molecule has 5 nitrogen and oxygen atoms in total. The van der Waals surface area contributed by atoms with E-state index in [1.807, 2.05) is 12.1 Å². The molecule has 0 aliphatic carbocycles. The van der Waals surface area contributed by atoms with E-state index < -0.39 is 23.5 Å². The number of benzene rings is 2. The number of pyridine rings is 2. The van der Waals surface area contributed by atoms with Crippen molar-refractivity contribution in [3.8, 4) is 22.3 Å². The van der Waals surface area contributed by atoms with Gasteiger partial charge in [0.15, 0.2) is 0 Å². The van der Waals surface area contributed by atoms with Gasteiger partial charge in [-0.3, -0.25) is 9.78 Å². The third kappa shape index (κ3) is 5.63. The summed E-state index contributed by atoms with van der Waals surface area (Å²) in [5, 5.41) is 0. The number of rotatable bonds is 4. The molecule has 40 heavy (non-hydrogen) atoms. The van der Waals surface area contributed by atoms with Crippen LogP contribution in [0.1, 0.15) is 39.4 Å². The third-order valence-electron chi connectivity index (χ3n) is 6.89. The number of nitrogens with two attached hydrogens (primary N) is 1. The highest BCUT2D eigenvalue weighted by molar-refractivity contribution is 5.98. The number of likely N-dealkylation sites (tertiary alicyclic amines) is 1. The van der Waals surface area contributed by atoms with Crippen molar-refractivity contribution in [2.45, 2.75) is 24.7 Å². The number of nitrogen functional groups attached to an aromatic ring is 1. The summed E-state index contributed by atoms with van der Waals surface area (Å²) in [5.41, 5.74) is 4.46. The average Bonchev–Trinajstić information content (AvgIpc) is 3.42. The number of carbonyl (C=O) groups is 1. The van der Waals surface area contributed by atoms with E-state index in [1.165, 1.54) is 30.5 Å². The summed E-state index contributed by atoms with van der Waals surface area (Å²) >= 11 is 0. The Morgan fingerprint density at radius 3 is 2.17 bits per heavy atom. The Hall–Kier alpha value is -4.41. The van der Waals surface area contributed by atoms with Crippen molar-refractivity contribution in [1.29, 1.82) is 0 Å². The molecule has 206 valence electrons. The van der Waals surface area contributed by atoms with Crippen LogP contribution in [0.5, 0.6) is 0 Å². The normalized spacial score (nSPS) is 15.8. The Balaban J connectivity index is 1.58. The Morgan fingerprint density at radius 1 is 0.850 bits per heavy atom. The van der Waals surface area contributed by atoms with E-state index >= 15 is 0 Å². The molecule has 1 amide bonds. The van der Waals surface area contributed by atoms with Crippen LogP contribution in [-0.4, -0.2) is 33.9 Å². The molecule has 0 radical (unpaired) electrons. The molecule has 1 aliphatic rings. The molecule has 0 spiro atoms. The summed E-state index contributed by atoms with van der Waals surface area (Å²) in [7, 11) is 0. The number of halogens is 6. The molecule has 1 aliphatic heterocycles. The zero-order chi connectivity index (χ0) is 28.7. The van der Waals surface area contributed by atoms with E-state index in [0.29, 0.717) is 30.8 Å². The summed E-state index contributed by atoms with van der Waals surface area (Å²) in [5.74, 6) is -0.0272. The molecule has 1 saturated heterocycles. The van der Waals surface area contributed by atoms with E-state index in [4.69, 9.17) is 5.73 Å². The Labute approximate surface area is 225 Å². The van der Waals surface area contributed by atoms with Crippen molar-refractivity contribution in [1.82, 2.24) is 14.9 Å². The van der Waals surface area contributed by atoms with Gasteiger partial charge in [-0.15, -0.1) is 0 Å². The molecule has 2 aromatic heterocycles. The van der Waals surface area contributed by atoms with Crippen LogP contribution in [0.4, 0.5) is 32.2 Å². The monoisotopic (exact) mass is 556 g/mol. The van der Waals surface area contributed by atoms with E-state index in [2.05, 4.69) is 9.97 Å². The second-order valence-corrected chi connectivity index (χ2v) is 9.55. The molecule has 4 aromatic rings. The molecular formula is C29H22F6N4O. The maximum absolute atomic E-state index is 13.6. The first-order valence-corrected chi connectivity index (χ1v) is 12.2. The molecular weight excluding hydrogens is 534 g/mol. The van der Waals surface area contributed by atoms with Crippen LogP contribution >= 0.6 is 0 Å². The van der Waals surface area contributed by atoms with Crippen molar-refractivity contribution in [3.63, 3.8) is 0 Å². The van der Waals surface area contributed by atoms with Crippen LogP contribution in [0, 0.1) is 0 Å². The largest absolute Gasteiger partial charge is 0.416 e. The van der Waals surface area contributed by atoms with Crippen molar-refractivity contribution in [2.75, 3.05) is 18.8 Å². The van der Waals surface area contributed by atoms with Gasteiger partial charge < -0.3 is 10.6 Å². The minimum atomic E-state index is -5.00. The molecule has 2 N–H and O–H groups in total. The molecule has 0 saturated carbocycles. The van der Waals surface area contributed by atoms with Crippen LogP contribution in [0.3, 0.4) is 0 Å². The molecule has 1 unspecified atom stereocenters. The minimum absolute atomic E-state index is 0.0781. The summed E-state index contributed by atoms with van der Waals surface area (Å²) in [6, 6.07) is 12.4. The van der Waals surface area contributed by atoms with Gasteiger partial charge in [-0.1, -0.05) is 12.1 Å². The topological polar surface area (TPSA) is 72.1 Å². The van der Waals surface area contributed by atoms with Gasteiger partial charge in [0.05, 0.1) is 11.1 Å². The van der Waals surface area contributed by atoms with Crippen LogP contribution in [0.25, 0.3) is 22.3 Å². The van der Waals surface area contributed by atoms with Crippen LogP contribution < -0.4 is 5.73 Å². The van der Waals surface area contributed by atoms with Crippen molar-refractivity contribution < 1.29 is 31.1 Å². The second kappa shape index (κ2) is 10.3. The third-order valence-corrected chi connectivity index (χ3v) is 6.89. The highest BCUT2D eigenvalue weighted by Crippen LogP contribution is 2.41. The number of nitrogens with zero attached hydrogens (tertiary/aromatic N) is 3. The van der Waals surface area contributed by atoms with Crippen LogP contribution in [0.15, 0.2) is 79.3 Å². The lowest BCUT2D eigenvalue weighted by atomic mass is 9.91.